The summed E-state index contributed by atoms with van der Waals surface area (Å²) < 4.78 is 5.48. The van der Waals surface area contributed by atoms with E-state index in [1.807, 2.05) is 54.6 Å². The zero-order valence-electron chi connectivity index (χ0n) is 13.4. The second kappa shape index (κ2) is 7.47. The molecule has 0 radical (unpaired) electrons. The number of carbonyl (C=O) groups excluding carboxylic acids is 1. The minimum atomic E-state index is -0.0489. The van der Waals surface area contributed by atoms with Gasteiger partial charge in [-0.15, -0.1) is 0 Å². The monoisotopic (exact) mass is 317 g/mol. The summed E-state index contributed by atoms with van der Waals surface area (Å²) in [4.78, 5) is 12.4. The molecule has 0 spiro atoms. The molecule has 3 nitrogen and oxygen atoms in total. The van der Waals surface area contributed by atoms with E-state index in [2.05, 4.69) is 24.0 Å². The number of carbonyl (C=O) groups is 1. The molecule has 0 unspecified atom stereocenters. The molecule has 0 aliphatic heterocycles. The summed E-state index contributed by atoms with van der Waals surface area (Å²) in [6.45, 7) is 4.06. The number of ether oxygens (including phenoxy) is 1. The Labute approximate surface area is 141 Å². The van der Waals surface area contributed by atoms with Gasteiger partial charge < -0.3 is 10.1 Å². The van der Waals surface area contributed by atoms with E-state index in [-0.39, 0.29) is 5.91 Å². The number of benzene rings is 3. The van der Waals surface area contributed by atoms with Gasteiger partial charge in [-0.3, -0.25) is 4.79 Å². The fourth-order valence-electron chi connectivity index (χ4n) is 2.64. The molecule has 0 saturated carbocycles. The van der Waals surface area contributed by atoms with Crippen LogP contribution in [-0.2, 0) is 11.2 Å². The van der Waals surface area contributed by atoms with Gasteiger partial charge in [-0.1, -0.05) is 61.2 Å². The van der Waals surface area contributed by atoms with Crippen molar-refractivity contribution in [3.05, 3.63) is 84.9 Å². The summed E-state index contributed by atoms with van der Waals surface area (Å²) in [5, 5.41) is 5.18. The molecule has 0 fully saturated rings. The zero-order valence-corrected chi connectivity index (χ0v) is 13.4. The predicted octanol–water partition coefficient (Wildman–Crippen LogP) is 4.59. The summed E-state index contributed by atoms with van der Waals surface area (Å²) in [6, 6.07) is 21.5. The largest absolute Gasteiger partial charge is 0.489 e. The van der Waals surface area contributed by atoms with E-state index in [0.29, 0.717) is 18.8 Å². The summed E-state index contributed by atoms with van der Waals surface area (Å²) in [5.41, 5.74) is 1.74. The Bertz CT molecular complexity index is 865. The van der Waals surface area contributed by atoms with Crippen molar-refractivity contribution in [2.24, 2.45) is 0 Å². The maximum absolute atomic E-state index is 12.4. The van der Waals surface area contributed by atoms with Gasteiger partial charge in [-0.25, -0.2) is 0 Å². The van der Waals surface area contributed by atoms with Gasteiger partial charge >= 0.3 is 0 Å². The van der Waals surface area contributed by atoms with Gasteiger partial charge in [-0.05, 0) is 28.5 Å². The lowest BCUT2D eigenvalue weighted by Crippen LogP contribution is -2.14. The lowest BCUT2D eigenvalue weighted by Gasteiger charge is -2.09. The Morgan fingerprint density at radius 1 is 1.04 bits per heavy atom. The lowest BCUT2D eigenvalue weighted by molar-refractivity contribution is -0.115. The Hall–Kier alpha value is -3.07. The molecule has 0 aromatic heterocycles. The van der Waals surface area contributed by atoms with Gasteiger partial charge in [0.15, 0.2) is 0 Å². The Balaban J connectivity index is 1.72. The molecule has 1 N–H and O–H groups in total. The molecule has 3 heteroatoms. The molecule has 3 rings (SSSR count). The van der Waals surface area contributed by atoms with E-state index in [9.17, 15) is 4.79 Å². The highest BCUT2D eigenvalue weighted by Gasteiger charge is 2.08. The summed E-state index contributed by atoms with van der Waals surface area (Å²) in [6.07, 6.45) is 2.02. The van der Waals surface area contributed by atoms with Gasteiger partial charge in [0.1, 0.15) is 12.4 Å². The average molecular weight is 317 g/mol. The number of fused-ring (bicyclic) bond motifs is 1. The number of anilines is 1. The van der Waals surface area contributed by atoms with Gasteiger partial charge in [0, 0.05) is 11.8 Å². The molecule has 0 aliphatic carbocycles. The number of nitrogens with one attached hydrogen (secondary N) is 1. The van der Waals surface area contributed by atoms with Gasteiger partial charge in [0.2, 0.25) is 5.91 Å². The minimum Gasteiger partial charge on any atom is -0.489 e. The second-order valence-corrected chi connectivity index (χ2v) is 5.49. The van der Waals surface area contributed by atoms with Crippen LogP contribution in [-0.4, -0.2) is 12.5 Å². The summed E-state index contributed by atoms with van der Waals surface area (Å²) in [5.74, 6) is 0.657. The van der Waals surface area contributed by atoms with Crippen molar-refractivity contribution >= 4 is 22.4 Å². The van der Waals surface area contributed by atoms with Crippen LogP contribution in [0.4, 0.5) is 5.69 Å². The van der Waals surface area contributed by atoms with Crippen molar-refractivity contribution in [1.82, 2.24) is 0 Å². The lowest BCUT2D eigenvalue weighted by atomic mass is 10.0. The third-order valence-electron chi connectivity index (χ3n) is 3.72. The second-order valence-electron chi connectivity index (χ2n) is 5.49. The van der Waals surface area contributed by atoms with Crippen LogP contribution >= 0.6 is 0 Å². The zero-order chi connectivity index (χ0) is 16.8. The Morgan fingerprint density at radius 2 is 1.83 bits per heavy atom. The molecule has 1 amide bonds. The molecular formula is C21H19NO2. The van der Waals surface area contributed by atoms with Crippen LogP contribution in [0.3, 0.4) is 0 Å². The van der Waals surface area contributed by atoms with E-state index in [0.717, 1.165) is 22.0 Å². The van der Waals surface area contributed by atoms with E-state index in [1.54, 1.807) is 6.08 Å². The van der Waals surface area contributed by atoms with Crippen LogP contribution in [0, 0.1) is 0 Å². The highest BCUT2D eigenvalue weighted by molar-refractivity contribution is 5.96. The molecule has 0 atom stereocenters. The van der Waals surface area contributed by atoms with E-state index in [4.69, 9.17) is 4.74 Å². The summed E-state index contributed by atoms with van der Waals surface area (Å²) >= 11 is 0. The Kier molecular flexibility index (Phi) is 4.92. The third kappa shape index (κ3) is 3.82. The minimum absolute atomic E-state index is 0.0489. The van der Waals surface area contributed by atoms with Crippen LogP contribution in [0.25, 0.3) is 10.8 Å². The van der Waals surface area contributed by atoms with Gasteiger partial charge in [-0.2, -0.15) is 0 Å². The van der Waals surface area contributed by atoms with E-state index >= 15 is 0 Å². The molecule has 0 saturated heterocycles. The first-order valence-corrected chi connectivity index (χ1v) is 7.86. The van der Waals surface area contributed by atoms with Crippen molar-refractivity contribution in [3.63, 3.8) is 0 Å². The smallest absolute Gasteiger partial charge is 0.228 e. The average Bonchev–Trinajstić information content (AvgIpc) is 2.60. The van der Waals surface area contributed by atoms with E-state index < -0.39 is 0 Å². The fourth-order valence-corrected chi connectivity index (χ4v) is 2.64. The highest BCUT2D eigenvalue weighted by atomic mass is 16.5. The first-order valence-electron chi connectivity index (χ1n) is 7.86. The van der Waals surface area contributed by atoms with Crippen LogP contribution < -0.4 is 10.1 Å². The number of rotatable bonds is 6. The predicted molar refractivity (Wildman–Crippen MR) is 98.4 cm³/mol. The van der Waals surface area contributed by atoms with Crippen molar-refractivity contribution in [2.75, 3.05) is 11.9 Å². The highest BCUT2D eigenvalue weighted by Crippen LogP contribution is 2.21. The normalized spacial score (nSPS) is 10.3. The van der Waals surface area contributed by atoms with Crippen LogP contribution in [0.5, 0.6) is 5.75 Å². The van der Waals surface area contributed by atoms with Gasteiger partial charge in [0.05, 0.1) is 6.42 Å². The number of hydrogen-bond donors (Lipinski definition) is 1. The molecule has 3 aromatic carbocycles. The first-order chi connectivity index (χ1) is 11.8. The molecule has 0 aliphatic rings. The standard InChI is InChI=1S/C21H19NO2/c1-2-13-24-19-11-6-10-18(15-19)22-21(23)14-17-9-5-8-16-7-3-4-12-20(16)17/h2-12,15H,1,13-14H2,(H,22,23). The SMILES string of the molecule is C=CCOc1cccc(NC(=O)Cc2cccc3ccccc23)c1. The molecule has 24 heavy (non-hydrogen) atoms. The maximum atomic E-state index is 12.4. The topological polar surface area (TPSA) is 38.3 Å². The van der Waals surface area contributed by atoms with Crippen LogP contribution in [0.2, 0.25) is 0 Å². The molecule has 120 valence electrons. The third-order valence-corrected chi connectivity index (χ3v) is 3.72. The van der Waals surface area contributed by atoms with Crippen LogP contribution in [0.15, 0.2) is 79.4 Å². The molecule has 0 heterocycles. The van der Waals surface area contributed by atoms with Crippen molar-refractivity contribution in [3.8, 4) is 5.75 Å². The Morgan fingerprint density at radius 3 is 2.71 bits per heavy atom. The number of hydrogen-bond acceptors (Lipinski definition) is 2. The maximum Gasteiger partial charge on any atom is 0.228 e. The quantitative estimate of drug-likeness (QED) is 0.676. The number of amides is 1. The van der Waals surface area contributed by atoms with Gasteiger partial charge in [0.25, 0.3) is 0 Å². The molecule has 0 bridgehead atoms. The summed E-state index contributed by atoms with van der Waals surface area (Å²) in [7, 11) is 0. The van der Waals surface area contributed by atoms with Crippen molar-refractivity contribution < 1.29 is 9.53 Å². The van der Waals surface area contributed by atoms with Crippen LogP contribution in [0.1, 0.15) is 5.56 Å². The van der Waals surface area contributed by atoms with Crippen molar-refractivity contribution in [1.29, 1.82) is 0 Å². The first kappa shape index (κ1) is 15.8. The fraction of sp³-hybridized carbons (Fsp3) is 0.0952. The molecular weight excluding hydrogens is 298 g/mol. The van der Waals surface area contributed by atoms with Crippen molar-refractivity contribution in [2.45, 2.75) is 6.42 Å². The van der Waals surface area contributed by atoms with E-state index in [1.165, 1.54) is 0 Å². The molecule has 3 aromatic rings.